The Balaban J connectivity index is 2.20. The molecule has 0 aliphatic heterocycles. The van der Waals surface area contributed by atoms with Crippen molar-refractivity contribution in [2.45, 2.75) is 26.2 Å². The van der Waals surface area contributed by atoms with Crippen molar-refractivity contribution < 1.29 is 0 Å². The number of hydrogen-bond donors (Lipinski definition) is 1. The van der Waals surface area contributed by atoms with Gasteiger partial charge in [0.25, 0.3) is 0 Å². The molecule has 0 fully saturated rings. The first-order valence-electron chi connectivity index (χ1n) is 6.38. The van der Waals surface area contributed by atoms with Crippen LogP contribution in [-0.4, -0.2) is 4.98 Å². The first-order valence-corrected chi connectivity index (χ1v) is 6.38. The molecule has 0 unspecified atom stereocenters. The van der Waals surface area contributed by atoms with Crippen molar-refractivity contribution >= 4 is 21.7 Å². The van der Waals surface area contributed by atoms with E-state index in [1.807, 2.05) is 0 Å². The smallest absolute Gasteiger partial charge is 0.0536 e. The third kappa shape index (κ3) is 1.72. The topological polar surface area (TPSA) is 15.8 Å². The van der Waals surface area contributed by atoms with Crippen molar-refractivity contribution in [3.05, 3.63) is 48.2 Å². The molecule has 0 atom stereocenters. The highest BCUT2D eigenvalue weighted by Gasteiger charge is 2.05. The summed E-state index contributed by atoms with van der Waals surface area (Å²) in [4.78, 5) is 3.44. The number of nitrogens with one attached hydrogen (secondary N) is 1. The van der Waals surface area contributed by atoms with Gasteiger partial charge in [0.2, 0.25) is 0 Å². The Morgan fingerprint density at radius 2 is 1.88 bits per heavy atom. The van der Waals surface area contributed by atoms with Gasteiger partial charge < -0.3 is 4.98 Å². The monoisotopic (exact) mass is 223 g/mol. The fourth-order valence-corrected chi connectivity index (χ4v) is 2.51. The molecule has 2 aromatic carbocycles. The lowest BCUT2D eigenvalue weighted by molar-refractivity contribution is 0.799. The van der Waals surface area contributed by atoms with E-state index < -0.39 is 0 Å². The van der Waals surface area contributed by atoms with Crippen LogP contribution in [0.25, 0.3) is 21.7 Å². The lowest BCUT2D eigenvalue weighted by Crippen LogP contribution is -1.81. The van der Waals surface area contributed by atoms with Crippen LogP contribution in [0.1, 0.15) is 25.3 Å². The van der Waals surface area contributed by atoms with Crippen molar-refractivity contribution in [2.75, 3.05) is 0 Å². The van der Waals surface area contributed by atoms with Crippen molar-refractivity contribution in [3.63, 3.8) is 0 Å². The molecule has 0 bridgehead atoms. The standard InChI is InChI=1S/C16H17N/c1-2-3-6-13-11-17-16-14-8-5-4-7-12(14)9-10-15(13)16/h4-5,7-11,17H,2-3,6H2,1H3. The van der Waals surface area contributed by atoms with E-state index in [1.54, 1.807) is 0 Å². The van der Waals surface area contributed by atoms with Gasteiger partial charge in [-0.3, -0.25) is 0 Å². The molecular formula is C16H17N. The number of H-pyrrole nitrogens is 1. The molecule has 0 amide bonds. The zero-order chi connectivity index (χ0) is 11.7. The molecule has 3 aromatic rings. The van der Waals surface area contributed by atoms with Crippen LogP contribution in [0.4, 0.5) is 0 Å². The molecule has 0 saturated heterocycles. The Morgan fingerprint density at radius 3 is 2.76 bits per heavy atom. The summed E-state index contributed by atoms with van der Waals surface area (Å²) in [5.41, 5.74) is 2.74. The van der Waals surface area contributed by atoms with Crippen molar-refractivity contribution in [2.24, 2.45) is 0 Å². The molecule has 0 spiro atoms. The number of fused-ring (bicyclic) bond motifs is 3. The fourth-order valence-electron chi connectivity index (χ4n) is 2.51. The van der Waals surface area contributed by atoms with Gasteiger partial charge in [-0.05, 0) is 23.8 Å². The van der Waals surface area contributed by atoms with E-state index in [4.69, 9.17) is 0 Å². The second-order valence-electron chi connectivity index (χ2n) is 4.63. The number of benzene rings is 2. The first kappa shape index (κ1) is 10.4. The number of aromatic nitrogens is 1. The van der Waals surface area contributed by atoms with Gasteiger partial charge in [0.05, 0.1) is 5.52 Å². The van der Waals surface area contributed by atoms with Crippen LogP contribution in [0.15, 0.2) is 42.6 Å². The average molecular weight is 223 g/mol. The molecule has 86 valence electrons. The molecular weight excluding hydrogens is 206 g/mol. The minimum atomic E-state index is 1.18. The second kappa shape index (κ2) is 4.25. The molecule has 1 N–H and O–H groups in total. The Labute approximate surface area is 101 Å². The molecule has 17 heavy (non-hydrogen) atoms. The van der Waals surface area contributed by atoms with Crippen LogP contribution < -0.4 is 0 Å². The molecule has 1 heterocycles. The Hall–Kier alpha value is -1.76. The van der Waals surface area contributed by atoms with E-state index in [2.05, 4.69) is 54.5 Å². The van der Waals surface area contributed by atoms with Crippen LogP contribution in [0.5, 0.6) is 0 Å². The number of aromatic amines is 1. The highest BCUT2D eigenvalue weighted by atomic mass is 14.7. The van der Waals surface area contributed by atoms with Crippen LogP contribution in [0.2, 0.25) is 0 Å². The van der Waals surface area contributed by atoms with Gasteiger partial charge in [0.15, 0.2) is 0 Å². The van der Waals surface area contributed by atoms with Crippen LogP contribution >= 0.6 is 0 Å². The summed E-state index contributed by atoms with van der Waals surface area (Å²) in [6.07, 6.45) is 5.86. The molecule has 0 aliphatic rings. The Morgan fingerprint density at radius 1 is 1.00 bits per heavy atom. The molecule has 3 rings (SSSR count). The Kier molecular flexibility index (Phi) is 2.60. The summed E-state index contributed by atoms with van der Waals surface area (Å²) in [6, 6.07) is 13.0. The van der Waals surface area contributed by atoms with Gasteiger partial charge in [-0.25, -0.2) is 0 Å². The van der Waals surface area contributed by atoms with E-state index in [0.29, 0.717) is 0 Å². The molecule has 0 saturated carbocycles. The van der Waals surface area contributed by atoms with Gasteiger partial charge >= 0.3 is 0 Å². The summed E-state index contributed by atoms with van der Waals surface area (Å²) in [5, 5.41) is 4.02. The highest BCUT2D eigenvalue weighted by molar-refractivity contribution is 6.06. The quantitative estimate of drug-likeness (QED) is 0.664. The summed E-state index contributed by atoms with van der Waals surface area (Å²) < 4.78 is 0. The molecule has 0 radical (unpaired) electrons. The van der Waals surface area contributed by atoms with E-state index in [9.17, 15) is 0 Å². The maximum atomic E-state index is 3.44. The van der Waals surface area contributed by atoms with E-state index >= 15 is 0 Å². The van der Waals surface area contributed by atoms with Gasteiger partial charge in [0.1, 0.15) is 0 Å². The van der Waals surface area contributed by atoms with Crippen LogP contribution in [0, 0.1) is 0 Å². The summed E-state index contributed by atoms with van der Waals surface area (Å²) in [6.45, 7) is 2.24. The third-order valence-electron chi connectivity index (χ3n) is 3.47. The van der Waals surface area contributed by atoms with E-state index in [-0.39, 0.29) is 0 Å². The minimum Gasteiger partial charge on any atom is -0.360 e. The van der Waals surface area contributed by atoms with Gasteiger partial charge in [-0.1, -0.05) is 49.7 Å². The first-order chi connectivity index (χ1) is 8.40. The average Bonchev–Trinajstić information content (AvgIpc) is 2.80. The van der Waals surface area contributed by atoms with E-state index in [1.165, 1.54) is 46.5 Å². The maximum Gasteiger partial charge on any atom is 0.0536 e. The van der Waals surface area contributed by atoms with Crippen LogP contribution in [-0.2, 0) is 6.42 Å². The van der Waals surface area contributed by atoms with E-state index in [0.717, 1.165) is 0 Å². The normalized spacial score (nSPS) is 11.4. The lowest BCUT2D eigenvalue weighted by Gasteiger charge is -2.01. The largest absolute Gasteiger partial charge is 0.360 e. The Bertz CT molecular complexity index is 649. The van der Waals surface area contributed by atoms with Crippen molar-refractivity contribution in [3.8, 4) is 0 Å². The molecule has 1 nitrogen and oxygen atoms in total. The predicted octanol–water partition coefficient (Wildman–Crippen LogP) is 4.66. The fraction of sp³-hybridized carbons (Fsp3) is 0.250. The summed E-state index contributed by atoms with van der Waals surface area (Å²) in [7, 11) is 0. The number of unbranched alkanes of at least 4 members (excludes halogenated alkanes) is 1. The van der Waals surface area contributed by atoms with Crippen molar-refractivity contribution in [1.29, 1.82) is 0 Å². The zero-order valence-corrected chi connectivity index (χ0v) is 10.2. The number of hydrogen-bond acceptors (Lipinski definition) is 0. The van der Waals surface area contributed by atoms with Gasteiger partial charge in [-0.2, -0.15) is 0 Å². The number of rotatable bonds is 3. The molecule has 1 heteroatoms. The second-order valence-corrected chi connectivity index (χ2v) is 4.63. The SMILES string of the molecule is CCCCc1c[nH]c2c1ccc1ccccc12. The predicted molar refractivity (Wildman–Crippen MR) is 74.4 cm³/mol. The van der Waals surface area contributed by atoms with Crippen LogP contribution in [0.3, 0.4) is 0 Å². The molecule has 1 aromatic heterocycles. The summed E-state index contributed by atoms with van der Waals surface area (Å²) in [5.74, 6) is 0. The third-order valence-corrected chi connectivity index (χ3v) is 3.47. The van der Waals surface area contributed by atoms with Gasteiger partial charge in [-0.15, -0.1) is 0 Å². The minimum absolute atomic E-state index is 1.18. The maximum absolute atomic E-state index is 3.44. The van der Waals surface area contributed by atoms with Gasteiger partial charge in [0, 0.05) is 17.0 Å². The summed E-state index contributed by atoms with van der Waals surface area (Å²) >= 11 is 0. The molecule has 0 aliphatic carbocycles. The van der Waals surface area contributed by atoms with Crippen molar-refractivity contribution in [1.82, 2.24) is 4.98 Å². The lowest BCUT2D eigenvalue weighted by atomic mass is 10.0. The number of aryl methyl sites for hydroxylation is 1. The highest BCUT2D eigenvalue weighted by Crippen LogP contribution is 2.27. The zero-order valence-electron chi connectivity index (χ0n) is 10.2.